The first-order valence-corrected chi connectivity index (χ1v) is 7.93. The molecule has 2 atom stereocenters. The van der Waals surface area contributed by atoms with E-state index in [-0.39, 0.29) is 5.91 Å². The molecule has 1 aliphatic rings. The number of amides is 1. The highest BCUT2D eigenvalue weighted by Gasteiger charge is 2.46. The summed E-state index contributed by atoms with van der Waals surface area (Å²) in [6, 6.07) is 10.4. The number of hydrogen-bond donors (Lipinski definition) is 2. The van der Waals surface area contributed by atoms with Gasteiger partial charge in [0.15, 0.2) is 0 Å². The van der Waals surface area contributed by atoms with Crippen LogP contribution in [-0.4, -0.2) is 31.6 Å². The molecule has 1 aliphatic carbocycles. The zero-order valence-corrected chi connectivity index (χ0v) is 13.1. The van der Waals surface area contributed by atoms with Gasteiger partial charge in [-0.15, -0.1) is 0 Å². The number of carbonyl (C=O) groups is 1. The van der Waals surface area contributed by atoms with E-state index in [0.717, 1.165) is 38.8 Å². The Hall–Kier alpha value is -1.55. The first-order chi connectivity index (χ1) is 10.1. The normalized spacial score (nSPS) is 25.0. The molecule has 4 nitrogen and oxygen atoms in total. The summed E-state index contributed by atoms with van der Waals surface area (Å²) in [6.45, 7) is 4.10. The third-order valence-corrected chi connectivity index (χ3v) is 4.96. The molecule has 1 aromatic carbocycles. The third-order valence-electron chi connectivity index (χ3n) is 4.96. The fourth-order valence-electron chi connectivity index (χ4n) is 3.67. The van der Waals surface area contributed by atoms with E-state index in [1.807, 2.05) is 13.1 Å². The number of rotatable bonds is 7. The Morgan fingerprint density at radius 3 is 2.71 bits per heavy atom. The molecule has 116 valence electrons. The second-order valence-corrected chi connectivity index (χ2v) is 5.88. The van der Waals surface area contributed by atoms with Gasteiger partial charge in [0.05, 0.1) is 0 Å². The molecule has 1 aromatic rings. The molecule has 0 saturated heterocycles. The molecule has 0 aromatic heterocycles. The predicted octanol–water partition coefficient (Wildman–Crippen LogP) is 2.15. The summed E-state index contributed by atoms with van der Waals surface area (Å²) in [4.78, 5) is 14.3. The van der Waals surface area contributed by atoms with Crippen molar-refractivity contribution in [1.82, 2.24) is 5.32 Å². The Morgan fingerprint density at radius 2 is 2.14 bits per heavy atom. The molecule has 2 rings (SSSR count). The van der Waals surface area contributed by atoms with Crippen LogP contribution in [0.4, 0.5) is 5.69 Å². The fourth-order valence-corrected chi connectivity index (χ4v) is 3.67. The molecule has 0 radical (unpaired) electrons. The molecule has 4 heteroatoms. The van der Waals surface area contributed by atoms with Crippen LogP contribution in [0.1, 0.15) is 32.6 Å². The van der Waals surface area contributed by atoms with Crippen LogP contribution in [0.25, 0.3) is 0 Å². The van der Waals surface area contributed by atoms with Crippen LogP contribution in [0, 0.1) is 5.92 Å². The van der Waals surface area contributed by atoms with Crippen LogP contribution in [0.3, 0.4) is 0 Å². The number of benzene rings is 1. The van der Waals surface area contributed by atoms with E-state index < -0.39 is 5.54 Å². The maximum atomic E-state index is 11.9. The van der Waals surface area contributed by atoms with Crippen molar-refractivity contribution in [2.75, 3.05) is 25.0 Å². The number of nitrogens with one attached hydrogen (secondary N) is 1. The van der Waals surface area contributed by atoms with Gasteiger partial charge in [-0.3, -0.25) is 4.79 Å². The first kappa shape index (κ1) is 15.8. The number of likely N-dealkylation sites (N-methyl/N-ethyl adjacent to an activating group) is 1. The van der Waals surface area contributed by atoms with Gasteiger partial charge in [0.25, 0.3) is 0 Å². The fraction of sp³-hybridized carbons (Fsp3) is 0.588. The highest BCUT2D eigenvalue weighted by Crippen LogP contribution is 2.37. The summed E-state index contributed by atoms with van der Waals surface area (Å²) in [5.41, 5.74) is 6.41. The Balaban J connectivity index is 2.02. The van der Waals surface area contributed by atoms with E-state index in [1.54, 1.807) is 0 Å². The minimum absolute atomic E-state index is 0.199. The Morgan fingerprint density at radius 1 is 1.43 bits per heavy atom. The highest BCUT2D eigenvalue weighted by molar-refractivity contribution is 5.85. The molecule has 0 spiro atoms. The third kappa shape index (κ3) is 3.21. The van der Waals surface area contributed by atoms with Crippen molar-refractivity contribution in [1.29, 1.82) is 0 Å². The van der Waals surface area contributed by atoms with Crippen molar-refractivity contribution < 1.29 is 4.79 Å². The van der Waals surface area contributed by atoms with Crippen molar-refractivity contribution in [3.8, 4) is 0 Å². The summed E-state index contributed by atoms with van der Waals surface area (Å²) in [6.07, 6.45) is 4.01. The van der Waals surface area contributed by atoms with Gasteiger partial charge < -0.3 is 16.0 Å². The van der Waals surface area contributed by atoms with Crippen LogP contribution in [0.2, 0.25) is 0 Å². The van der Waals surface area contributed by atoms with E-state index in [2.05, 4.69) is 41.4 Å². The average Bonchev–Trinajstić information content (AvgIpc) is 2.93. The van der Waals surface area contributed by atoms with Gasteiger partial charge in [-0.2, -0.15) is 0 Å². The molecule has 0 heterocycles. The van der Waals surface area contributed by atoms with E-state index >= 15 is 0 Å². The summed E-state index contributed by atoms with van der Waals surface area (Å²) in [7, 11) is 1.86. The molecule has 3 N–H and O–H groups in total. The van der Waals surface area contributed by atoms with Gasteiger partial charge in [-0.25, -0.2) is 0 Å². The standard InChI is InChI=1S/C17H27N3O/c1-3-20(15-9-5-4-6-10-15)13-11-14-8-7-12-17(14,19-2)16(18)21/h4-6,9-10,14,19H,3,7-8,11-13H2,1-2H3,(H2,18,21). The Bertz CT molecular complexity index is 462. The van der Waals surface area contributed by atoms with Crippen LogP contribution in [-0.2, 0) is 4.79 Å². The molecular formula is C17H27N3O. The lowest BCUT2D eigenvalue weighted by atomic mass is 9.84. The Kier molecular flexibility index (Phi) is 5.23. The van der Waals surface area contributed by atoms with Gasteiger partial charge >= 0.3 is 0 Å². The van der Waals surface area contributed by atoms with Gasteiger partial charge in [0.1, 0.15) is 5.54 Å². The maximum Gasteiger partial charge on any atom is 0.238 e. The number of carbonyl (C=O) groups excluding carboxylic acids is 1. The monoisotopic (exact) mass is 289 g/mol. The molecule has 1 fully saturated rings. The van der Waals surface area contributed by atoms with Gasteiger partial charge in [0.2, 0.25) is 5.91 Å². The van der Waals surface area contributed by atoms with Crippen molar-refractivity contribution >= 4 is 11.6 Å². The van der Waals surface area contributed by atoms with Crippen LogP contribution >= 0.6 is 0 Å². The Labute approximate surface area is 127 Å². The maximum absolute atomic E-state index is 11.9. The zero-order valence-electron chi connectivity index (χ0n) is 13.1. The van der Waals surface area contributed by atoms with E-state index in [0.29, 0.717) is 5.92 Å². The SMILES string of the molecule is CCN(CCC1CCCC1(NC)C(N)=O)c1ccccc1. The number of para-hydroxylation sites is 1. The molecule has 21 heavy (non-hydrogen) atoms. The summed E-state index contributed by atoms with van der Waals surface area (Å²) in [5, 5.41) is 3.22. The number of primary amides is 1. The van der Waals surface area contributed by atoms with Crippen molar-refractivity contribution in [2.24, 2.45) is 11.7 Å². The lowest BCUT2D eigenvalue weighted by Crippen LogP contribution is -2.56. The summed E-state index contributed by atoms with van der Waals surface area (Å²) >= 11 is 0. The number of nitrogens with two attached hydrogens (primary N) is 1. The second kappa shape index (κ2) is 6.94. The van der Waals surface area contributed by atoms with Gasteiger partial charge in [0, 0.05) is 18.8 Å². The summed E-state index contributed by atoms with van der Waals surface area (Å²) in [5.74, 6) is 0.132. The van der Waals surface area contributed by atoms with Crippen molar-refractivity contribution in [3.63, 3.8) is 0 Å². The van der Waals surface area contributed by atoms with E-state index in [1.165, 1.54) is 5.69 Å². The topological polar surface area (TPSA) is 58.4 Å². The largest absolute Gasteiger partial charge is 0.372 e. The van der Waals surface area contributed by atoms with Gasteiger partial charge in [-0.1, -0.05) is 24.6 Å². The number of hydrogen-bond acceptors (Lipinski definition) is 3. The minimum Gasteiger partial charge on any atom is -0.372 e. The molecular weight excluding hydrogens is 262 g/mol. The molecule has 1 saturated carbocycles. The molecule has 0 aliphatic heterocycles. The van der Waals surface area contributed by atoms with Crippen LogP contribution in [0.15, 0.2) is 30.3 Å². The second-order valence-electron chi connectivity index (χ2n) is 5.88. The van der Waals surface area contributed by atoms with E-state index in [9.17, 15) is 4.79 Å². The molecule has 0 bridgehead atoms. The molecule has 1 amide bonds. The lowest BCUT2D eigenvalue weighted by Gasteiger charge is -2.34. The number of anilines is 1. The minimum atomic E-state index is -0.504. The summed E-state index contributed by atoms with van der Waals surface area (Å²) < 4.78 is 0. The first-order valence-electron chi connectivity index (χ1n) is 7.93. The average molecular weight is 289 g/mol. The lowest BCUT2D eigenvalue weighted by molar-refractivity contribution is -0.125. The van der Waals surface area contributed by atoms with Gasteiger partial charge in [-0.05, 0) is 51.3 Å². The quantitative estimate of drug-likeness (QED) is 0.808. The van der Waals surface area contributed by atoms with Crippen LogP contribution < -0.4 is 16.0 Å². The predicted molar refractivity (Wildman–Crippen MR) is 87.3 cm³/mol. The number of nitrogens with zero attached hydrogens (tertiary/aromatic N) is 1. The van der Waals surface area contributed by atoms with Crippen LogP contribution in [0.5, 0.6) is 0 Å². The van der Waals surface area contributed by atoms with Crippen molar-refractivity contribution in [2.45, 2.75) is 38.1 Å². The zero-order chi connectivity index (χ0) is 15.3. The highest BCUT2D eigenvalue weighted by atomic mass is 16.1. The van der Waals surface area contributed by atoms with Crippen molar-refractivity contribution in [3.05, 3.63) is 30.3 Å². The molecule has 2 unspecified atom stereocenters. The smallest absolute Gasteiger partial charge is 0.238 e. The van der Waals surface area contributed by atoms with E-state index in [4.69, 9.17) is 5.73 Å².